The van der Waals surface area contributed by atoms with Crippen LogP contribution in [0.3, 0.4) is 0 Å². The molecule has 0 fully saturated rings. The molecule has 2 rings (SSSR count). The lowest BCUT2D eigenvalue weighted by atomic mass is 10.2. The Kier molecular flexibility index (Phi) is 5.17. The smallest absolute Gasteiger partial charge is 0.261 e. The molecule has 0 radical (unpaired) electrons. The highest BCUT2D eigenvalue weighted by molar-refractivity contribution is 6.30. The molecule has 2 aromatic rings. The Bertz CT molecular complexity index is 616. The summed E-state index contributed by atoms with van der Waals surface area (Å²) in [4.78, 5) is 11.9. The summed E-state index contributed by atoms with van der Waals surface area (Å²) in [6.07, 6.45) is -0.682. The van der Waals surface area contributed by atoms with Crippen molar-refractivity contribution in [2.45, 2.75) is 19.6 Å². The largest absolute Gasteiger partial charge is 0.481 e. The molecule has 1 amide bonds. The zero-order valence-corrected chi connectivity index (χ0v) is 12.2. The maximum atomic E-state index is 13.4. The van der Waals surface area contributed by atoms with Crippen LogP contribution in [-0.4, -0.2) is 12.0 Å². The van der Waals surface area contributed by atoms with Crippen molar-refractivity contribution in [3.8, 4) is 5.75 Å². The molecule has 0 unspecified atom stereocenters. The summed E-state index contributed by atoms with van der Waals surface area (Å²) in [5.74, 6) is -0.106. The lowest BCUT2D eigenvalue weighted by molar-refractivity contribution is -0.127. The minimum absolute atomic E-state index is 0.125. The van der Waals surface area contributed by atoms with E-state index < -0.39 is 6.10 Å². The standard InChI is InChI=1S/C16H15ClFNO2/c1-11(21-14-8-6-13(17)7-9-14)16(20)19-10-12-4-2-3-5-15(12)18/h2-9,11H,10H2,1H3,(H,19,20)/t11-/m1/s1. The Balaban J connectivity index is 1.88. The first-order chi connectivity index (χ1) is 10.1. The SMILES string of the molecule is C[C@@H](Oc1ccc(Cl)cc1)C(=O)NCc1ccccc1F. The van der Waals surface area contributed by atoms with E-state index in [0.717, 1.165) is 0 Å². The van der Waals surface area contributed by atoms with Crippen LogP contribution in [0, 0.1) is 5.82 Å². The molecule has 21 heavy (non-hydrogen) atoms. The van der Waals surface area contributed by atoms with Crippen molar-refractivity contribution in [3.63, 3.8) is 0 Å². The van der Waals surface area contributed by atoms with Crippen LogP contribution in [0.2, 0.25) is 5.02 Å². The summed E-state index contributed by atoms with van der Waals surface area (Å²) in [6.45, 7) is 1.76. The fourth-order valence-corrected chi connectivity index (χ4v) is 1.86. The molecule has 1 N–H and O–H groups in total. The Hall–Kier alpha value is -2.07. The Morgan fingerprint density at radius 1 is 1.24 bits per heavy atom. The van der Waals surface area contributed by atoms with E-state index in [1.807, 2.05) is 0 Å². The van der Waals surface area contributed by atoms with Crippen molar-refractivity contribution in [1.82, 2.24) is 5.32 Å². The van der Waals surface area contributed by atoms with E-state index in [1.54, 1.807) is 49.4 Å². The quantitative estimate of drug-likeness (QED) is 0.917. The average Bonchev–Trinajstić information content (AvgIpc) is 2.48. The molecule has 0 aliphatic rings. The number of halogens is 2. The fraction of sp³-hybridized carbons (Fsp3) is 0.188. The highest BCUT2D eigenvalue weighted by atomic mass is 35.5. The van der Waals surface area contributed by atoms with E-state index in [1.165, 1.54) is 6.07 Å². The molecule has 1 atom stereocenters. The van der Waals surface area contributed by atoms with E-state index in [4.69, 9.17) is 16.3 Å². The molecule has 0 aliphatic carbocycles. The van der Waals surface area contributed by atoms with E-state index in [-0.39, 0.29) is 18.3 Å². The molecule has 0 aliphatic heterocycles. The van der Waals surface area contributed by atoms with Gasteiger partial charge in [0, 0.05) is 17.1 Å². The van der Waals surface area contributed by atoms with Gasteiger partial charge >= 0.3 is 0 Å². The summed E-state index contributed by atoms with van der Waals surface area (Å²) in [5.41, 5.74) is 0.435. The van der Waals surface area contributed by atoms with Gasteiger partial charge in [-0.25, -0.2) is 4.39 Å². The normalized spacial score (nSPS) is 11.8. The monoisotopic (exact) mass is 307 g/mol. The van der Waals surface area contributed by atoms with Gasteiger partial charge in [-0.3, -0.25) is 4.79 Å². The van der Waals surface area contributed by atoms with Crippen LogP contribution in [0.4, 0.5) is 4.39 Å². The highest BCUT2D eigenvalue weighted by Crippen LogP contribution is 2.16. The number of hydrogen-bond donors (Lipinski definition) is 1. The molecular weight excluding hydrogens is 293 g/mol. The van der Waals surface area contributed by atoms with E-state index in [2.05, 4.69) is 5.32 Å². The summed E-state index contributed by atoms with van der Waals surface area (Å²) < 4.78 is 18.9. The van der Waals surface area contributed by atoms with Crippen molar-refractivity contribution in [2.75, 3.05) is 0 Å². The van der Waals surface area contributed by atoms with Crippen molar-refractivity contribution >= 4 is 17.5 Å². The molecule has 2 aromatic carbocycles. The third kappa shape index (κ3) is 4.46. The van der Waals surface area contributed by atoms with Crippen LogP contribution < -0.4 is 10.1 Å². The maximum absolute atomic E-state index is 13.4. The Morgan fingerprint density at radius 2 is 1.90 bits per heavy atom. The second-order valence-corrected chi connectivity index (χ2v) is 4.96. The topological polar surface area (TPSA) is 38.3 Å². The first kappa shape index (κ1) is 15.3. The number of nitrogens with one attached hydrogen (secondary N) is 1. The van der Waals surface area contributed by atoms with Crippen LogP contribution >= 0.6 is 11.6 Å². The third-order valence-corrected chi connectivity index (χ3v) is 3.16. The lowest BCUT2D eigenvalue weighted by Gasteiger charge is -2.15. The van der Waals surface area contributed by atoms with Gasteiger partial charge in [-0.1, -0.05) is 29.8 Å². The minimum Gasteiger partial charge on any atom is -0.481 e. The molecule has 0 spiro atoms. The van der Waals surface area contributed by atoms with Crippen molar-refractivity contribution in [1.29, 1.82) is 0 Å². The van der Waals surface area contributed by atoms with Gasteiger partial charge in [0.1, 0.15) is 11.6 Å². The lowest BCUT2D eigenvalue weighted by Crippen LogP contribution is -2.36. The van der Waals surface area contributed by atoms with Crippen molar-refractivity contribution < 1.29 is 13.9 Å². The van der Waals surface area contributed by atoms with E-state index in [9.17, 15) is 9.18 Å². The number of rotatable bonds is 5. The van der Waals surface area contributed by atoms with Crippen LogP contribution in [0.1, 0.15) is 12.5 Å². The number of carbonyl (C=O) groups excluding carboxylic acids is 1. The van der Waals surface area contributed by atoms with Crippen molar-refractivity contribution in [3.05, 3.63) is 64.9 Å². The number of carbonyl (C=O) groups is 1. The Morgan fingerprint density at radius 3 is 2.57 bits per heavy atom. The van der Waals surface area contributed by atoms with Gasteiger partial charge in [-0.15, -0.1) is 0 Å². The molecule has 0 saturated carbocycles. The molecule has 0 saturated heterocycles. The molecule has 0 heterocycles. The van der Waals surface area contributed by atoms with Gasteiger partial charge in [0.05, 0.1) is 0 Å². The summed E-state index contributed by atoms with van der Waals surface area (Å²) in [5, 5.41) is 3.24. The van der Waals surface area contributed by atoms with Gasteiger partial charge in [0.15, 0.2) is 6.10 Å². The van der Waals surface area contributed by atoms with Crippen LogP contribution in [-0.2, 0) is 11.3 Å². The highest BCUT2D eigenvalue weighted by Gasteiger charge is 2.14. The summed E-state index contributed by atoms with van der Waals surface area (Å²) in [7, 11) is 0. The van der Waals surface area contributed by atoms with Gasteiger partial charge in [-0.2, -0.15) is 0 Å². The zero-order chi connectivity index (χ0) is 15.2. The van der Waals surface area contributed by atoms with Crippen LogP contribution in [0.15, 0.2) is 48.5 Å². The number of ether oxygens (including phenoxy) is 1. The van der Waals surface area contributed by atoms with Crippen LogP contribution in [0.25, 0.3) is 0 Å². The molecular formula is C16H15ClFNO2. The predicted molar refractivity (Wildman–Crippen MR) is 79.8 cm³/mol. The molecule has 0 bridgehead atoms. The van der Waals surface area contributed by atoms with Gasteiger partial charge in [-0.05, 0) is 37.3 Å². The minimum atomic E-state index is -0.682. The first-order valence-electron chi connectivity index (χ1n) is 6.49. The van der Waals surface area contributed by atoms with Crippen molar-refractivity contribution in [2.24, 2.45) is 0 Å². The second-order valence-electron chi connectivity index (χ2n) is 4.52. The van der Waals surface area contributed by atoms with Gasteiger partial charge < -0.3 is 10.1 Å². The number of benzene rings is 2. The average molecular weight is 308 g/mol. The van der Waals surface area contributed by atoms with E-state index >= 15 is 0 Å². The maximum Gasteiger partial charge on any atom is 0.261 e. The number of hydrogen-bond acceptors (Lipinski definition) is 2. The van der Waals surface area contributed by atoms with Gasteiger partial charge in [0.25, 0.3) is 5.91 Å². The Labute approximate surface area is 127 Å². The first-order valence-corrected chi connectivity index (χ1v) is 6.87. The van der Waals surface area contributed by atoms with E-state index in [0.29, 0.717) is 16.3 Å². The third-order valence-electron chi connectivity index (χ3n) is 2.91. The molecule has 0 aromatic heterocycles. The zero-order valence-electron chi connectivity index (χ0n) is 11.5. The predicted octanol–water partition coefficient (Wildman–Crippen LogP) is 3.56. The van der Waals surface area contributed by atoms with Crippen LogP contribution in [0.5, 0.6) is 5.75 Å². The molecule has 3 nitrogen and oxygen atoms in total. The number of amides is 1. The molecule has 110 valence electrons. The fourth-order valence-electron chi connectivity index (χ4n) is 1.74. The molecule has 5 heteroatoms. The van der Waals surface area contributed by atoms with Gasteiger partial charge in [0.2, 0.25) is 0 Å². The summed E-state index contributed by atoms with van der Waals surface area (Å²) >= 11 is 5.77. The second kappa shape index (κ2) is 7.09. The summed E-state index contributed by atoms with van der Waals surface area (Å²) in [6, 6.07) is 13.0.